The molecule has 1 heterocycles. The van der Waals surface area contributed by atoms with Gasteiger partial charge in [0.25, 0.3) is 0 Å². The van der Waals surface area contributed by atoms with Gasteiger partial charge in [-0.1, -0.05) is 6.92 Å². The average Bonchev–Trinajstić information content (AvgIpc) is 3.03. The Kier molecular flexibility index (Phi) is 9.98. The smallest absolute Gasteiger partial charge is 0.213 e. The van der Waals surface area contributed by atoms with E-state index >= 15 is 0 Å². The van der Waals surface area contributed by atoms with Crippen molar-refractivity contribution in [3.05, 3.63) is 23.9 Å². The number of hydrogen-bond acceptors (Lipinski definition) is 3. The van der Waals surface area contributed by atoms with Crippen LogP contribution in [0.2, 0.25) is 0 Å². The van der Waals surface area contributed by atoms with Crippen molar-refractivity contribution in [1.29, 1.82) is 0 Å². The predicted octanol–water partition coefficient (Wildman–Crippen LogP) is 3.49. The molecule has 1 aliphatic rings. The van der Waals surface area contributed by atoms with Crippen molar-refractivity contribution in [3.63, 3.8) is 0 Å². The lowest BCUT2D eigenvalue weighted by atomic mass is 10.2. The van der Waals surface area contributed by atoms with Gasteiger partial charge in [0.1, 0.15) is 6.10 Å². The minimum absolute atomic E-state index is 0. The van der Waals surface area contributed by atoms with Crippen molar-refractivity contribution in [3.8, 4) is 5.88 Å². The van der Waals surface area contributed by atoms with Gasteiger partial charge in [-0.25, -0.2) is 9.98 Å². The summed E-state index contributed by atoms with van der Waals surface area (Å²) in [6.07, 6.45) is 8.06. The van der Waals surface area contributed by atoms with Crippen molar-refractivity contribution in [2.45, 2.75) is 58.6 Å². The van der Waals surface area contributed by atoms with Crippen LogP contribution in [-0.2, 0) is 6.54 Å². The lowest BCUT2D eigenvalue weighted by Gasteiger charge is -2.13. The van der Waals surface area contributed by atoms with Crippen LogP contribution in [0.3, 0.4) is 0 Å². The second-order valence-electron chi connectivity index (χ2n) is 5.65. The monoisotopic (exact) mass is 432 g/mol. The zero-order valence-electron chi connectivity index (χ0n) is 14.2. The van der Waals surface area contributed by atoms with E-state index in [0.29, 0.717) is 12.6 Å². The van der Waals surface area contributed by atoms with Crippen LogP contribution in [0.25, 0.3) is 0 Å². The first-order chi connectivity index (χ1) is 10.8. The van der Waals surface area contributed by atoms with Crippen LogP contribution in [0.15, 0.2) is 23.3 Å². The number of pyridine rings is 1. The molecule has 0 spiro atoms. The van der Waals surface area contributed by atoms with E-state index in [9.17, 15) is 0 Å². The lowest BCUT2D eigenvalue weighted by Crippen LogP contribution is -2.37. The largest absolute Gasteiger partial charge is 0.474 e. The molecule has 0 unspecified atom stereocenters. The minimum atomic E-state index is 0. The van der Waals surface area contributed by atoms with Crippen molar-refractivity contribution >= 4 is 29.9 Å². The molecule has 2 N–H and O–H groups in total. The highest BCUT2D eigenvalue weighted by Gasteiger charge is 2.16. The number of aromatic nitrogens is 1. The summed E-state index contributed by atoms with van der Waals surface area (Å²) in [5.74, 6) is 1.59. The lowest BCUT2D eigenvalue weighted by molar-refractivity contribution is 0.201. The molecule has 130 valence electrons. The molecule has 1 aromatic rings. The molecule has 5 nitrogen and oxygen atoms in total. The van der Waals surface area contributed by atoms with Gasteiger partial charge in [0.2, 0.25) is 5.88 Å². The maximum atomic E-state index is 5.94. The Labute approximate surface area is 156 Å². The van der Waals surface area contributed by atoms with Gasteiger partial charge in [-0.15, -0.1) is 24.0 Å². The van der Waals surface area contributed by atoms with Crippen LogP contribution in [0.5, 0.6) is 5.88 Å². The van der Waals surface area contributed by atoms with Crippen LogP contribution in [-0.4, -0.2) is 30.1 Å². The van der Waals surface area contributed by atoms with E-state index in [2.05, 4.69) is 34.5 Å². The number of nitrogens with zero attached hydrogens (tertiary/aromatic N) is 2. The van der Waals surface area contributed by atoms with E-state index in [4.69, 9.17) is 4.74 Å². The van der Waals surface area contributed by atoms with Crippen LogP contribution in [0.1, 0.15) is 51.5 Å². The molecule has 0 aromatic carbocycles. The van der Waals surface area contributed by atoms with Gasteiger partial charge in [-0.05, 0) is 50.7 Å². The summed E-state index contributed by atoms with van der Waals surface area (Å²) >= 11 is 0. The molecule has 0 atom stereocenters. The van der Waals surface area contributed by atoms with Crippen molar-refractivity contribution in [1.82, 2.24) is 15.6 Å². The van der Waals surface area contributed by atoms with Crippen molar-refractivity contribution in [2.75, 3.05) is 13.1 Å². The molecule has 2 rings (SSSR count). The highest BCUT2D eigenvalue weighted by molar-refractivity contribution is 14.0. The summed E-state index contributed by atoms with van der Waals surface area (Å²) in [6.45, 7) is 6.64. The van der Waals surface area contributed by atoms with Crippen LogP contribution in [0, 0.1) is 0 Å². The molecule has 0 aliphatic heterocycles. The Morgan fingerprint density at radius 3 is 2.78 bits per heavy atom. The summed E-state index contributed by atoms with van der Waals surface area (Å²) in [4.78, 5) is 8.92. The summed E-state index contributed by atoms with van der Waals surface area (Å²) in [5, 5.41) is 6.56. The molecule has 1 fully saturated rings. The molecule has 0 saturated heterocycles. The van der Waals surface area contributed by atoms with Gasteiger partial charge in [0.05, 0.1) is 6.54 Å². The van der Waals surface area contributed by atoms with E-state index in [0.717, 1.165) is 49.8 Å². The van der Waals surface area contributed by atoms with E-state index in [1.54, 1.807) is 0 Å². The molecule has 23 heavy (non-hydrogen) atoms. The SMILES string of the molecule is CCCNC(=NCc1ccnc(OC2CCCC2)c1)NCC.I. The molecule has 1 aromatic heterocycles. The van der Waals surface area contributed by atoms with Gasteiger partial charge in [-0.3, -0.25) is 0 Å². The number of rotatable bonds is 7. The van der Waals surface area contributed by atoms with Crippen LogP contribution < -0.4 is 15.4 Å². The topological polar surface area (TPSA) is 58.5 Å². The second-order valence-corrected chi connectivity index (χ2v) is 5.65. The van der Waals surface area contributed by atoms with Gasteiger partial charge < -0.3 is 15.4 Å². The molecule has 0 bridgehead atoms. The third-order valence-electron chi connectivity index (χ3n) is 3.70. The fourth-order valence-electron chi connectivity index (χ4n) is 2.55. The standard InChI is InChI=1S/C17H28N4O.HI/c1-3-10-20-17(18-4-2)21-13-14-9-11-19-16(12-14)22-15-7-5-6-8-15;/h9,11-12,15H,3-8,10,13H2,1-2H3,(H2,18,20,21);1H. The molecule has 6 heteroatoms. The maximum Gasteiger partial charge on any atom is 0.213 e. The third kappa shape index (κ3) is 7.37. The summed E-state index contributed by atoms with van der Waals surface area (Å²) in [5.41, 5.74) is 1.12. The Morgan fingerprint density at radius 2 is 2.09 bits per heavy atom. The zero-order valence-corrected chi connectivity index (χ0v) is 16.5. The first-order valence-electron chi connectivity index (χ1n) is 8.45. The summed E-state index contributed by atoms with van der Waals surface area (Å²) in [6, 6.07) is 4.00. The molecule has 1 saturated carbocycles. The molecular weight excluding hydrogens is 403 g/mol. The number of nitrogens with one attached hydrogen (secondary N) is 2. The summed E-state index contributed by atoms with van der Waals surface area (Å²) < 4.78 is 5.94. The highest BCUT2D eigenvalue weighted by atomic mass is 127. The fraction of sp³-hybridized carbons (Fsp3) is 0.647. The summed E-state index contributed by atoms with van der Waals surface area (Å²) in [7, 11) is 0. The van der Waals surface area contributed by atoms with E-state index in [1.807, 2.05) is 18.3 Å². The highest BCUT2D eigenvalue weighted by Crippen LogP contribution is 2.23. The Hall–Kier alpha value is -1.05. The van der Waals surface area contributed by atoms with Gasteiger partial charge >= 0.3 is 0 Å². The molecular formula is C17H29IN4O. The van der Waals surface area contributed by atoms with Crippen molar-refractivity contribution < 1.29 is 4.74 Å². The van der Waals surface area contributed by atoms with Gasteiger partial charge in [0, 0.05) is 25.4 Å². The normalized spacial score (nSPS) is 15.1. The van der Waals surface area contributed by atoms with Crippen LogP contribution >= 0.6 is 24.0 Å². The van der Waals surface area contributed by atoms with E-state index in [1.165, 1.54) is 12.8 Å². The van der Waals surface area contributed by atoms with E-state index < -0.39 is 0 Å². The van der Waals surface area contributed by atoms with Gasteiger partial charge in [0.15, 0.2) is 5.96 Å². The number of halogens is 1. The molecule has 0 amide bonds. The number of guanidine groups is 1. The Bertz CT molecular complexity index is 475. The Balaban J connectivity index is 0.00000264. The average molecular weight is 432 g/mol. The maximum absolute atomic E-state index is 5.94. The minimum Gasteiger partial charge on any atom is -0.474 e. The first kappa shape index (κ1) is 20.0. The predicted molar refractivity (Wildman–Crippen MR) is 106 cm³/mol. The zero-order chi connectivity index (χ0) is 15.6. The molecule has 0 radical (unpaired) electrons. The first-order valence-corrected chi connectivity index (χ1v) is 8.45. The quantitative estimate of drug-likeness (QED) is 0.394. The van der Waals surface area contributed by atoms with Gasteiger partial charge in [-0.2, -0.15) is 0 Å². The third-order valence-corrected chi connectivity index (χ3v) is 3.70. The van der Waals surface area contributed by atoms with Crippen molar-refractivity contribution in [2.24, 2.45) is 4.99 Å². The van der Waals surface area contributed by atoms with Crippen LogP contribution in [0.4, 0.5) is 0 Å². The fourth-order valence-corrected chi connectivity index (χ4v) is 2.55. The van der Waals surface area contributed by atoms with E-state index in [-0.39, 0.29) is 24.0 Å². The number of hydrogen-bond donors (Lipinski definition) is 2. The number of aliphatic imine (C=N–C) groups is 1. The number of ether oxygens (including phenoxy) is 1. The molecule has 1 aliphatic carbocycles. The Morgan fingerprint density at radius 1 is 1.30 bits per heavy atom. The second kappa shape index (κ2) is 11.5.